The summed E-state index contributed by atoms with van der Waals surface area (Å²) in [4.78, 5) is 36.1. The minimum Gasteiger partial charge on any atom is -0.479 e. The maximum Gasteiger partial charge on any atom is 0.407 e. The van der Waals surface area contributed by atoms with Crippen molar-refractivity contribution < 1.29 is 29.3 Å². The van der Waals surface area contributed by atoms with Crippen molar-refractivity contribution in [2.75, 3.05) is 25.2 Å². The van der Waals surface area contributed by atoms with Gasteiger partial charge < -0.3 is 25.6 Å². The van der Waals surface area contributed by atoms with Gasteiger partial charge in [-0.05, 0) is 47.6 Å². The Hall–Kier alpha value is -3.04. The largest absolute Gasteiger partial charge is 0.479 e. The molecule has 0 heterocycles. The van der Waals surface area contributed by atoms with E-state index < -0.39 is 36.2 Å². The van der Waals surface area contributed by atoms with Crippen LogP contribution in [-0.4, -0.2) is 65.0 Å². The minimum atomic E-state index is -2.11. The Balaban J connectivity index is 1.63. The summed E-state index contributed by atoms with van der Waals surface area (Å²) in [5.41, 5.74) is 2.29. The van der Waals surface area contributed by atoms with Crippen molar-refractivity contribution in [1.29, 1.82) is 0 Å². The molecule has 2 atom stereocenters. The third kappa shape index (κ3) is 5.85. The zero-order chi connectivity index (χ0) is 24.0. The molecular formula is C24H28N2O6S. The zero-order valence-corrected chi connectivity index (χ0v) is 19.4. The SMILES string of the molecule is CSCCC(NC(=O)OCC1c2ccccc2-c2ccccc21)C(=O)NCC(C)(O)C(=O)O. The number of ether oxygens (including phenoxy) is 1. The van der Waals surface area contributed by atoms with E-state index in [9.17, 15) is 19.5 Å². The van der Waals surface area contributed by atoms with Crippen molar-refractivity contribution >= 4 is 29.7 Å². The number of carboxylic acid groups (broad SMARTS) is 1. The number of benzene rings is 2. The Bertz CT molecular complexity index is 980. The third-order valence-corrected chi connectivity index (χ3v) is 6.27. The van der Waals surface area contributed by atoms with Crippen LogP contribution in [0.2, 0.25) is 0 Å². The zero-order valence-electron chi connectivity index (χ0n) is 18.5. The van der Waals surface area contributed by atoms with E-state index in [1.807, 2.05) is 54.8 Å². The van der Waals surface area contributed by atoms with E-state index in [0.717, 1.165) is 29.2 Å². The van der Waals surface area contributed by atoms with Crippen LogP contribution in [0.5, 0.6) is 0 Å². The van der Waals surface area contributed by atoms with Crippen molar-refractivity contribution in [2.45, 2.75) is 30.9 Å². The highest BCUT2D eigenvalue weighted by molar-refractivity contribution is 7.98. The van der Waals surface area contributed by atoms with Crippen molar-refractivity contribution in [2.24, 2.45) is 0 Å². The van der Waals surface area contributed by atoms with Gasteiger partial charge in [0.25, 0.3) is 0 Å². The fourth-order valence-electron chi connectivity index (χ4n) is 3.74. The lowest BCUT2D eigenvalue weighted by Gasteiger charge is -2.22. The van der Waals surface area contributed by atoms with Gasteiger partial charge in [-0.2, -0.15) is 11.8 Å². The van der Waals surface area contributed by atoms with Gasteiger partial charge >= 0.3 is 12.1 Å². The van der Waals surface area contributed by atoms with Crippen LogP contribution in [-0.2, 0) is 14.3 Å². The molecule has 0 spiro atoms. The minimum absolute atomic E-state index is 0.104. The number of carbonyl (C=O) groups excluding carboxylic acids is 2. The number of aliphatic carboxylic acids is 1. The molecule has 0 bridgehead atoms. The molecule has 0 aromatic heterocycles. The molecule has 9 heteroatoms. The van der Waals surface area contributed by atoms with Gasteiger partial charge in [0, 0.05) is 5.92 Å². The summed E-state index contributed by atoms with van der Waals surface area (Å²) in [6, 6.07) is 15.1. The van der Waals surface area contributed by atoms with E-state index in [-0.39, 0.29) is 12.5 Å². The lowest BCUT2D eigenvalue weighted by molar-refractivity contribution is -0.156. The highest BCUT2D eigenvalue weighted by atomic mass is 32.2. The van der Waals surface area contributed by atoms with E-state index in [0.29, 0.717) is 12.2 Å². The first-order valence-corrected chi connectivity index (χ1v) is 12.0. The molecule has 4 N–H and O–H groups in total. The van der Waals surface area contributed by atoms with Gasteiger partial charge in [0.15, 0.2) is 5.60 Å². The molecule has 1 aliphatic carbocycles. The van der Waals surface area contributed by atoms with Crippen molar-refractivity contribution in [3.63, 3.8) is 0 Å². The maximum absolute atomic E-state index is 12.5. The monoisotopic (exact) mass is 472 g/mol. The maximum atomic E-state index is 12.5. The van der Waals surface area contributed by atoms with E-state index in [2.05, 4.69) is 10.6 Å². The summed E-state index contributed by atoms with van der Waals surface area (Å²) < 4.78 is 5.50. The molecule has 2 amide bonds. The van der Waals surface area contributed by atoms with Crippen LogP contribution in [0.3, 0.4) is 0 Å². The Morgan fingerprint density at radius 2 is 1.67 bits per heavy atom. The topological polar surface area (TPSA) is 125 Å². The number of amides is 2. The van der Waals surface area contributed by atoms with Gasteiger partial charge in [0.2, 0.25) is 5.91 Å². The number of nitrogens with one attached hydrogen (secondary N) is 2. The summed E-state index contributed by atoms with van der Waals surface area (Å²) in [5, 5.41) is 23.8. The highest BCUT2D eigenvalue weighted by Gasteiger charge is 2.32. The molecule has 8 nitrogen and oxygen atoms in total. The molecule has 33 heavy (non-hydrogen) atoms. The lowest BCUT2D eigenvalue weighted by Crippen LogP contribution is -2.52. The average Bonchev–Trinajstić information content (AvgIpc) is 3.12. The van der Waals surface area contributed by atoms with Crippen LogP contribution >= 0.6 is 11.8 Å². The summed E-state index contributed by atoms with van der Waals surface area (Å²) in [5.74, 6) is -1.55. The smallest absolute Gasteiger partial charge is 0.407 e. The Morgan fingerprint density at radius 1 is 1.09 bits per heavy atom. The van der Waals surface area contributed by atoms with Crippen LogP contribution in [0.15, 0.2) is 48.5 Å². The standard InChI is InChI=1S/C24H28N2O6S/c1-24(31,22(28)29)14-25-21(27)20(11-12-33-2)26-23(30)32-13-19-17-9-5-3-7-15(17)16-8-4-6-10-18(16)19/h3-10,19-20,31H,11-14H2,1-2H3,(H,25,27)(H,26,30)(H,28,29). The van der Waals surface area contributed by atoms with E-state index in [1.165, 1.54) is 11.8 Å². The van der Waals surface area contributed by atoms with Crippen molar-refractivity contribution in [3.8, 4) is 11.1 Å². The first kappa shape index (κ1) is 24.6. The number of rotatable bonds is 10. The quantitative estimate of drug-likeness (QED) is 0.419. The van der Waals surface area contributed by atoms with Gasteiger partial charge in [-0.15, -0.1) is 0 Å². The number of thioether (sulfide) groups is 1. The number of carbonyl (C=O) groups is 3. The van der Waals surface area contributed by atoms with Crippen LogP contribution in [0.4, 0.5) is 4.79 Å². The van der Waals surface area contributed by atoms with Crippen molar-refractivity contribution in [3.05, 3.63) is 59.7 Å². The molecule has 176 valence electrons. The fourth-order valence-corrected chi connectivity index (χ4v) is 4.22. The molecule has 2 aromatic rings. The summed E-state index contributed by atoms with van der Waals surface area (Å²) in [6.07, 6.45) is 1.47. The first-order chi connectivity index (χ1) is 15.7. The number of carboxylic acids is 1. The second-order valence-electron chi connectivity index (χ2n) is 8.10. The van der Waals surface area contributed by atoms with Crippen molar-refractivity contribution in [1.82, 2.24) is 10.6 Å². The second-order valence-corrected chi connectivity index (χ2v) is 9.09. The Kier molecular flexibility index (Phi) is 7.99. The summed E-state index contributed by atoms with van der Waals surface area (Å²) in [6.45, 7) is 0.721. The number of hydrogen-bond acceptors (Lipinski definition) is 6. The van der Waals surface area contributed by atoms with Crippen LogP contribution in [0.25, 0.3) is 11.1 Å². The normalized spacial score (nSPS) is 15.0. The van der Waals surface area contributed by atoms with Crippen LogP contribution in [0.1, 0.15) is 30.4 Å². The second kappa shape index (κ2) is 10.7. The molecule has 3 rings (SSSR count). The average molecular weight is 473 g/mol. The van der Waals surface area contributed by atoms with Crippen LogP contribution in [0, 0.1) is 0 Å². The van der Waals surface area contributed by atoms with Gasteiger partial charge in [-0.3, -0.25) is 4.79 Å². The Labute approximate surface area is 196 Å². The Morgan fingerprint density at radius 3 is 2.21 bits per heavy atom. The lowest BCUT2D eigenvalue weighted by atomic mass is 9.98. The molecule has 0 aliphatic heterocycles. The predicted octanol–water partition coefficient (Wildman–Crippen LogP) is 2.60. The fraction of sp³-hybridized carbons (Fsp3) is 0.375. The molecule has 2 unspecified atom stereocenters. The van der Waals surface area contributed by atoms with E-state index in [4.69, 9.17) is 9.84 Å². The highest BCUT2D eigenvalue weighted by Crippen LogP contribution is 2.44. The number of aliphatic hydroxyl groups is 1. The number of hydrogen-bond donors (Lipinski definition) is 4. The summed E-state index contributed by atoms with van der Waals surface area (Å²) >= 11 is 1.51. The molecule has 0 saturated carbocycles. The molecule has 0 fully saturated rings. The van der Waals surface area contributed by atoms with Gasteiger partial charge in [0.1, 0.15) is 12.6 Å². The van der Waals surface area contributed by atoms with Crippen LogP contribution < -0.4 is 10.6 Å². The number of alkyl carbamates (subject to hydrolysis) is 1. The molecule has 0 radical (unpaired) electrons. The van der Waals surface area contributed by atoms with E-state index in [1.54, 1.807) is 0 Å². The summed E-state index contributed by atoms with van der Waals surface area (Å²) in [7, 11) is 0. The van der Waals surface area contributed by atoms with E-state index >= 15 is 0 Å². The van der Waals surface area contributed by atoms with Gasteiger partial charge in [-0.25, -0.2) is 9.59 Å². The third-order valence-electron chi connectivity index (χ3n) is 5.63. The first-order valence-electron chi connectivity index (χ1n) is 10.6. The molecular weight excluding hydrogens is 444 g/mol. The molecule has 2 aromatic carbocycles. The molecule has 1 aliphatic rings. The predicted molar refractivity (Wildman–Crippen MR) is 126 cm³/mol. The molecule has 0 saturated heterocycles. The number of fused-ring (bicyclic) bond motifs is 3. The van der Waals surface area contributed by atoms with Gasteiger partial charge in [-0.1, -0.05) is 48.5 Å². The van der Waals surface area contributed by atoms with Gasteiger partial charge in [0.05, 0.1) is 6.54 Å².